The first-order valence-corrected chi connectivity index (χ1v) is 38.0. The Bertz CT molecular complexity index is 2510. The molecular weight excluding hydrogens is 1470 g/mol. The van der Waals surface area contributed by atoms with Gasteiger partial charge in [0.2, 0.25) is 41.4 Å². The zero-order chi connectivity index (χ0) is 79.5. The fourth-order valence-electron chi connectivity index (χ4n) is 10.8. The molecule has 3 heterocycles. The van der Waals surface area contributed by atoms with Crippen molar-refractivity contribution in [2.24, 2.45) is 11.7 Å². The second-order valence-electron chi connectivity index (χ2n) is 25.4. The second kappa shape index (κ2) is 58.3. The Labute approximate surface area is 628 Å². The van der Waals surface area contributed by atoms with E-state index in [0.717, 1.165) is 0 Å². The van der Waals surface area contributed by atoms with Crippen LogP contribution < -0.4 is 43.0 Å². The van der Waals surface area contributed by atoms with Crippen molar-refractivity contribution in [3.8, 4) is 0 Å². The Morgan fingerprint density at radius 2 is 0.769 bits per heavy atom. The number of aliphatic hydroxyl groups is 8. The highest BCUT2D eigenvalue weighted by Crippen LogP contribution is 2.36. The lowest BCUT2D eigenvalue weighted by atomic mass is 9.89. The molecule has 0 aromatic rings. The molecule has 0 bridgehead atoms. The maximum Gasteiger partial charge on any atom is 0.469 e. The van der Waals surface area contributed by atoms with E-state index in [2.05, 4.69) is 41.7 Å². The highest BCUT2D eigenvalue weighted by atomic mass is 31.2. The number of carbonyl (C=O) groups is 7. The summed E-state index contributed by atoms with van der Waals surface area (Å²) in [6, 6.07) is -5.31. The van der Waals surface area contributed by atoms with Crippen LogP contribution in [-0.4, -0.2) is 375 Å². The molecule has 0 radical (unpaired) electrons. The fourth-order valence-corrected chi connectivity index (χ4v) is 11.2. The fraction of sp³-hybridized carbons (Fsp3) is 0.892. The molecule has 3 aliphatic rings. The van der Waals surface area contributed by atoms with E-state index in [1.54, 1.807) is 6.92 Å². The summed E-state index contributed by atoms with van der Waals surface area (Å²) in [5.41, 5.74) is 5.87. The summed E-state index contributed by atoms with van der Waals surface area (Å²) < 4.78 is 98.5. The zero-order valence-electron chi connectivity index (χ0n) is 62.0. The number of hydrogen-bond acceptors (Lipinski definition) is 33. The quantitative estimate of drug-likeness (QED) is 0.0199. The van der Waals surface area contributed by atoms with Gasteiger partial charge in [-0.3, -0.25) is 38.1 Å². The summed E-state index contributed by atoms with van der Waals surface area (Å²) in [5, 5.41) is 98.8. The number of amides is 7. The third kappa shape index (κ3) is 42.4. The van der Waals surface area contributed by atoms with Crippen molar-refractivity contribution in [3.63, 3.8) is 0 Å². The summed E-state index contributed by atoms with van der Waals surface area (Å²) >= 11 is 0. The van der Waals surface area contributed by atoms with E-state index < -0.39 is 167 Å². The van der Waals surface area contributed by atoms with Crippen molar-refractivity contribution in [2.45, 2.75) is 183 Å². The van der Waals surface area contributed by atoms with Crippen LogP contribution >= 0.6 is 7.82 Å². The summed E-state index contributed by atoms with van der Waals surface area (Å²) in [6.07, 6.45) is -9.36. The first kappa shape index (κ1) is 97.6. The molecule has 3 saturated heterocycles. The Kier molecular flexibility index (Phi) is 52.7. The molecule has 43 heteroatoms. The Morgan fingerprint density at radius 3 is 1.21 bits per heavy atom. The Morgan fingerprint density at radius 1 is 0.407 bits per heavy atom. The van der Waals surface area contributed by atoms with Crippen LogP contribution in [0.1, 0.15) is 85.0 Å². The second-order valence-corrected chi connectivity index (χ2v) is 26.6. The summed E-state index contributed by atoms with van der Waals surface area (Å²) in [6.45, 7) is 3.84. The van der Waals surface area contributed by atoms with Gasteiger partial charge in [0, 0.05) is 39.4 Å². The van der Waals surface area contributed by atoms with Gasteiger partial charge < -0.3 is 165 Å². The molecule has 0 saturated carbocycles. The van der Waals surface area contributed by atoms with Crippen molar-refractivity contribution >= 4 is 49.2 Å². The molecule has 0 spiro atoms. The molecule has 108 heavy (non-hydrogen) atoms. The van der Waals surface area contributed by atoms with Crippen LogP contribution in [0.5, 0.6) is 0 Å². The average molecular weight is 1590 g/mol. The van der Waals surface area contributed by atoms with Gasteiger partial charge in [-0.1, -0.05) is 19.8 Å². The van der Waals surface area contributed by atoms with Crippen LogP contribution in [-0.2, 0) is 114 Å². The van der Waals surface area contributed by atoms with Gasteiger partial charge in [-0.2, -0.15) is 0 Å². The molecule has 19 N–H and O–H groups in total. The largest absolute Gasteiger partial charge is 0.469 e. The first-order valence-electron chi connectivity index (χ1n) is 36.5. The van der Waals surface area contributed by atoms with Crippen LogP contribution in [0.4, 0.5) is 0 Å². The highest BCUT2D eigenvalue weighted by Gasteiger charge is 2.47. The van der Waals surface area contributed by atoms with Gasteiger partial charge >= 0.3 is 7.82 Å². The number of carbonyl (C=O) groups excluding carboxylic acids is 7. The predicted molar refractivity (Wildman–Crippen MR) is 372 cm³/mol. The van der Waals surface area contributed by atoms with E-state index in [-0.39, 0.29) is 184 Å². The standard InChI is InChI=1S/C65H121N8O34P/c1-42-47(36-74)105-64(54(56(42)82)70-43(2)77)102-34-31-96-22-19-93-25-28-98-39-50(79)67-14-9-6-12-45(61(87)69-16-8-4-5-11-17-104-108(89,90)91)73-62(88)46(72-52(81)41-100-29-26-94-20-23-97-32-35-103-65-55(71-44(3)78)60(86)58(84)49(38-76)107-65)13-7-10-15-68-51(80)40-99-27-24-92-18-21-95-30-33-101-63-53(66)59(85)57(83)48(37-75)106-63/h42,45-49,53-60,63-65,74-76,82-86H,4-41,66H2,1-3H3,(H,67,79)(H,68,80)(H,69,87)(H,70,77)(H,71,78)(H,72,81)(H,73,88)(H2,89,90,91)/t42-,45-,46-,47+,48+,49+,53+,54+,55+,56-,57-,58-,59+,60+,63+,64+,65+/m0/s1. The van der Waals surface area contributed by atoms with Gasteiger partial charge in [0.05, 0.1) is 164 Å². The van der Waals surface area contributed by atoms with Crippen molar-refractivity contribution < 1.29 is 164 Å². The number of rotatable bonds is 63. The van der Waals surface area contributed by atoms with E-state index in [0.29, 0.717) is 51.4 Å². The number of hydrogen-bond donors (Lipinski definition) is 18. The predicted octanol–water partition coefficient (Wildman–Crippen LogP) is -7.56. The van der Waals surface area contributed by atoms with Crippen molar-refractivity contribution in [3.05, 3.63) is 0 Å². The number of nitrogens with two attached hydrogens (primary N) is 1. The minimum absolute atomic E-state index is 0.0366. The summed E-state index contributed by atoms with van der Waals surface area (Å²) in [4.78, 5) is 108. The van der Waals surface area contributed by atoms with Crippen LogP contribution in [0.3, 0.4) is 0 Å². The third-order valence-corrected chi connectivity index (χ3v) is 17.2. The lowest BCUT2D eigenvalue weighted by Crippen LogP contribution is -2.64. The third-order valence-electron chi connectivity index (χ3n) is 16.7. The van der Waals surface area contributed by atoms with Gasteiger partial charge in [-0.15, -0.1) is 0 Å². The number of phosphoric ester groups is 1. The topological polar surface area (TPSA) is 597 Å². The molecular formula is C65H121N8O34P. The minimum atomic E-state index is -4.62. The molecule has 630 valence electrons. The smallest absolute Gasteiger partial charge is 0.394 e. The molecule has 3 aliphatic heterocycles. The van der Waals surface area contributed by atoms with E-state index in [1.807, 2.05) is 0 Å². The highest BCUT2D eigenvalue weighted by molar-refractivity contribution is 7.46. The molecule has 17 atom stereocenters. The number of phosphoric acid groups is 1. The average Bonchev–Trinajstić information content (AvgIpc) is 0.853. The number of nitrogens with one attached hydrogen (secondary N) is 7. The van der Waals surface area contributed by atoms with Crippen molar-refractivity contribution in [2.75, 3.05) is 185 Å². The molecule has 0 aromatic heterocycles. The number of unbranched alkanes of at least 4 members (excludes halogenated alkanes) is 5. The van der Waals surface area contributed by atoms with E-state index in [9.17, 15) is 79.0 Å². The normalized spacial score (nSPS) is 25.0. The molecule has 7 amide bonds. The Balaban J connectivity index is 1.47. The molecule has 3 fully saturated rings. The van der Waals surface area contributed by atoms with Crippen LogP contribution in [0.15, 0.2) is 0 Å². The van der Waals surface area contributed by atoms with E-state index >= 15 is 0 Å². The molecule has 42 nitrogen and oxygen atoms in total. The number of ether oxygens (including phenoxy) is 15. The van der Waals surface area contributed by atoms with Crippen LogP contribution in [0.2, 0.25) is 0 Å². The van der Waals surface area contributed by atoms with Gasteiger partial charge in [-0.05, 0) is 51.4 Å². The lowest BCUT2D eigenvalue weighted by Gasteiger charge is -2.43. The molecule has 3 rings (SSSR count). The SMILES string of the molecule is CC(=O)N[C@H]1[C@H](OCCOCCOCCOCC(=O)NCCCC[C@H](NC(=O)[C@H](CCCCNC(=O)COCCOCCOCCO[C@@H]2O[C@H](CO)[C@H](O)[C@H](O)[C@H]2N)NC(=O)COCCOCCOCCO[C@@H]2O[C@H](CO)[C@H](O)[C@H](O)[C@H]2NC(C)=O)C(=O)NCCCCCCOP(=O)(O)O)O[C@H](CO)[C@H](C)[C@@H]1O. The van der Waals surface area contributed by atoms with Crippen LogP contribution in [0.25, 0.3) is 0 Å². The molecule has 0 aliphatic carbocycles. The van der Waals surface area contributed by atoms with Gasteiger partial charge in [0.15, 0.2) is 18.9 Å². The van der Waals surface area contributed by atoms with E-state index in [4.69, 9.17) is 86.6 Å². The molecule has 0 unspecified atom stereocenters. The van der Waals surface area contributed by atoms with Crippen LogP contribution in [0, 0.1) is 5.92 Å². The number of aliphatic hydroxyl groups excluding tert-OH is 8. The monoisotopic (exact) mass is 1590 g/mol. The maximum absolute atomic E-state index is 14.2. The summed E-state index contributed by atoms with van der Waals surface area (Å²) in [5.74, 6) is -4.10. The summed E-state index contributed by atoms with van der Waals surface area (Å²) in [7, 11) is -4.62. The van der Waals surface area contributed by atoms with Gasteiger partial charge in [-0.25, -0.2) is 4.57 Å². The van der Waals surface area contributed by atoms with Crippen molar-refractivity contribution in [1.82, 2.24) is 37.2 Å². The van der Waals surface area contributed by atoms with Crippen molar-refractivity contribution in [1.29, 1.82) is 0 Å². The van der Waals surface area contributed by atoms with E-state index in [1.165, 1.54) is 13.8 Å². The Hall–Kier alpha value is -4.56. The zero-order valence-corrected chi connectivity index (χ0v) is 62.9. The first-order chi connectivity index (χ1) is 51.8. The van der Waals surface area contributed by atoms with Gasteiger partial charge in [0.25, 0.3) is 0 Å². The van der Waals surface area contributed by atoms with Gasteiger partial charge in [0.1, 0.15) is 80.6 Å². The molecule has 0 aromatic carbocycles. The minimum Gasteiger partial charge on any atom is -0.394 e. The lowest BCUT2D eigenvalue weighted by molar-refractivity contribution is -0.272. The maximum atomic E-state index is 14.2.